The molecule has 0 amide bonds. The summed E-state index contributed by atoms with van der Waals surface area (Å²) in [5.41, 5.74) is 1.02. The highest BCUT2D eigenvalue weighted by Gasteiger charge is 2.05. The first kappa shape index (κ1) is 15.5. The third-order valence-corrected chi connectivity index (χ3v) is 2.96. The molecule has 1 aromatic heterocycles. The predicted octanol–water partition coefficient (Wildman–Crippen LogP) is 1.13. The molecule has 0 aliphatic rings. The van der Waals surface area contributed by atoms with Crippen molar-refractivity contribution in [3.63, 3.8) is 0 Å². The van der Waals surface area contributed by atoms with Crippen molar-refractivity contribution in [1.29, 1.82) is 0 Å². The van der Waals surface area contributed by atoms with E-state index < -0.39 is 6.10 Å². The Morgan fingerprint density at radius 1 is 1.33 bits per heavy atom. The maximum Gasteiger partial charge on any atom is 0.123 e. The summed E-state index contributed by atoms with van der Waals surface area (Å²) in [4.78, 5) is 0. The Balaban J connectivity index is 1.59. The van der Waals surface area contributed by atoms with Crippen LogP contribution in [-0.2, 0) is 13.5 Å². The average Bonchev–Trinajstić information content (AvgIpc) is 2.89. The van der Waals surface area contributed by atoms with Gasteiger partial charge in [0, 0.05) is 32.8 Å². The molecule has 6 heteroatoms. The highest BCUT2D eigenvalue weighted by molar-refractivity contribution is 5.22. The summed E-state index contributed by atoms with van der Waals surface area (Å²) < 4.78 is 19.8. The number of nitrogens with one attached hydrogen (secondary N) is 1. The van der Waals surface area contributed by atoms with Gasteiger partial charge in [0.05, 0.1) is 5.69 Å². The van der Waals surface area contributed by atoms with Gasteiger partial charge in [-0.2, -0.15) is 5.10 Å². The Morgan fingerprint density at radius 2 is 2.10 bits per heavy atom. The summed E-state index contributed by atoms with van der Waals surface area (Å²) >= 11 is 0. The third kappa shape index (κ3) is 5.53. The van der Waals surface area contributed by atoms with E-state index in [1.54, 1.807) is 4.68 Å². The Morgan fingerprint density at radius 3 is 2.76 bits per heavy atom. The molecule has 0 saturated carbocycles. The van der Waals surface area contributed by atoms with Crippen LogP contribution in [-0.4, -0.2) is 40.7 Å². The smallest absolute Gasteiger partial charge is 0.123 e. The number of hydrogen-bond donors (Lipinski definition) is 2. The number of nitrogens with zero attached hydrogens (tertiary/aromatic N) is 2. The highest BCUT2D eigenvalue weighted by Crippen LogP contribution is 2.11. The first-order chi connectivity index (χ1) is 10.1. The number of halogens is 1. The molecule has 1 unspecified atom stereocenters. The summed E-state index contributed by atoms with van der Waals surface area (Å²) in [5, 5.41) is 17.2. The molecule has 1 aromatic carbocycles. The number of benzene rings is 1. The van der Waals surface area contributed by atoms with Gasteiger partial charge in [0.15, 0.2) is 0 Å². The van der Waals surface area contributed by atoms with Crippen molar-refractivity contribution in [3.8, 4) is 5.75 Å². The Hall–Kier alpha value is -1.92. The number of rotatable bonds is 8. The molecule has 0 fully saturated rings. The largest absolute Gasteiger partial charge is 0.491 e. The fourth-order valence-electron chi connectivity index (χ4n) is 1.86. The minimum absolute atomic E-state index is 0.169. The average molecular weight is 293 g/mol. The van der Waals surface area contributed by atoms with Crippen LogP contribution in [0.2, 0.25) is 0 Å². The van der Waals surface area contributed by atoms with Crippen LogP contribution in [0.25, 0.3) is 0 Å². The summed E-state index contributed by atoms with van der Waals surface area (Å²) in [7, 11) is 1.88. The van der Waals surface area contributed by atoms with Gasteiger partial charge in [0.25, 0.3) is 0 Å². The molecule has 1 heterocycles. The van der Waals surface area contributed by atoms with E-state index >= 15 is 0 Å². The molecule has 0 saturated heterocycles. The van der Waals surface area contributed by atoms with Crippen LogP contribution in [0.1, 0.15) is 5.69 Å². The maximum atomic E-state index is 12.7. The second kappa shape index (κ2) is 7.75. The van der Waals surface area contributed by atoms with Crippen molar-refractivity contribution in [1.82, 2.24) is 15.1 Å². The minimum atomic E-state index is -0.612. The number of aliphatic hydroxyl groups is 1. The maximum absolute atomic E-state index is 12.7. The normalized spacial score (nSPS) is 12.3. The second-order valence-electron chi connectivity index (χ2n) is 4.85. The SMILES string of the molecule is Cn1ccc(CCNCC(O)COc2ccc(F)cc2)n1. The fourth-order valence-corrected chi connectivity index (χ4v) is 1.86. The lowest BCUT2D eigenvalue weighted by atomic mass is 10.3. The Labute approximate surface area is 123 Å². The molecule has 0 spiro atoms. The zero-order valence-electron chi connectivity index (χ0n) is 12.0. The van der Waals surface area contributed by atoms with Gasteiger partial charge < -0.3 is 15.2 Å². The van der Waals surface area contributed by atoms with Crippen LogP contribution in [0, 0.1) is 5.82 Å². The number of aromatic nitrogens is 2. The van der Waals surface area contributed by atoms with Crippen molar-refractivity contribution in [3.05, 3.63) is 48.0 Å². The molecule has 0 aliphatic carbocycles. The van der Waals surface area contributed by atoms with Crippen LogP contribution in [0.3, 0.4) is 0 Å². The Kier molecular flexibility index (Phi) is 5.71. The number of aliphatic hydroxyl groups excluding tert-OH is 1. The molecule has 2 rings (SSSR count). The molecule has 0 aliphatic heterocycles. The second-order valence-corrected chi connectivity index (χ2v) is 4.85. The van der Waals surface area contributed by atoms with E-state index in [9.17, 15) is 9.50 Å². The van der Waals surface area contributed by atoms with Gasteiger partial charge >= 0.3 is 0 Å². The van der Waals surface area contributed by atoms with Crippen molar-refractivity contribution < 1.29 is 14.2 Å². The van der Waals surface area contributed by atoms with Crippen LogP contribution in [0.4, 0.5) is 4.39 Å². The summed E-state index contributed by atoms with van der Waals surface area (Å²) in [6, 6.07) is 7.70. The van der Waals surface area contributed by atoms with E-state index in [0.717, 1.165) is 18.7 Å². The van der Waals surface area contributed by atoms with E-state index in [1.807, 2.05) is 19.3 Å². The molecule has 1 atom stereocenters. The number of ether oxygens (including phenoxy) is 1. The lowest BCUT2D eigenvalue weighted by Gasteiger charge is -2.13. The van der Waals surface area contributed by atoms with Gasteiger partial charge in [0.2, 0.25) is 0 Å². The van der Waals surface area contributed by atoms with Crippen LogP contribution < -0.4 is 10.1 Å². The van der Waals surface area contributed by atoms with E-state index in [1.165, 1.54) is 24.3 Å². The van der Waals surface area contributed by atoms with Crippen LogP contribution in [0.15, 0.2) is 36.5 Å². The molecule has 2 N–H and O–H groups in total. The first-order valence-electron chi connectivity index (χ1n) is 6.89. The monoisotopic (exact) mass is 293 g/mol. The molecular weight excluding hydrogens is 273 g/mol. The van der Waals surface area contributed by atoms with Crippen molar-refractivity contribution in [2.45, 2.75) is 12.5 Å². The molecular formula is C15H20FN3O2. The summed E-state index contributed by atoms with van der Waals surface area (Å²) in [6.07, 6.45) is 2.10. The van der Waals surface area contributed by atoms with Gasteiger partial charge in [-0.05, 0) is 30.3 Å². The lowest BCUT2D eigenvalue weighted by molar-refractivity contribution is 0.106. The minimum Gasteiger partial charge on any atom is -0.491 e. The Bertz CT molecular complexity index is 542. The molecule has 0 bridgehead atoms. The standard InChI is InChI=1S/C15H20FN3O2/c1-19-9-7-13(18-19)6-8-17-10-14(20)11-21-15-4-2-12(16)3-5-15/h2-5,7,9,14,17,20H,6,8,10-11H2,1H3. The summed E-state index contributed by atoms with van der Waals surface area (Å²) in [5.74, 6) is 0.239. The zero-order chi connectivity index (χ0) is 15.1. The molecule has 114 valence electrons. The quantitative estimate of drug-likeness (QED) is 0.716. The van der Waals surface area contributed by atoms with E-state index in [-0.39, 0.29) is 12.4 Å². The predicted molar refractivity (Wildman–Crippen MR) is 77.7 cm³/mol. The van der Waals surface area contributed by atoms with Crippen LogP contribution >= 0.6 is 0 Å². The van der Waals surface area contributed by atoms with Crippen LogP contribution in [0.5, 0.6) is 5.75 Å². The van der Waals surface area contributed by atoms with E-state index in [2.05, 4.69) is 10.4 Å². The topological polar surface area (TPSA) is 59.3 Å². The van der Waals surface area contributed by atoms with Gasteiger partial charge in [-0.3, -0.25) is 4.68 Å². The van der Waals surface area contributed by atoms with Crippen molar-refractivity contribution in [2.75, 3.05) is 19.7 Å². The third-order valence-electron chi connectivity index (χ3n) is 2.96. The number of aryl methyl sites for hydroxylation is 1. The van der Waals surface area contributed by atoms with E-state index in [4.69, 9.17) is 4.74 Å². The molecule has 5 nitrogen and oxygen atoms in total. The van der Waals surface area contributed by atoms with Gasteiger partial charge in [-0.15, -0.1) is 0 Å². The molecule has 21 heavy (non-hydrogen) atoms. The van der Waals surface area contributed by atoms with Gasteiger partial charge in [-0.1, -0.05) is 0 Å². The lowest BCUT2D eigenvalue weighted by Crippen LogP contribution is -2.32. The zero-order valence-corrected chi connectivity index (χ0v) is 12.0. The van der Waals surface area contributed by atoms with Gasteiger partial charge in [-0.25, -0.2) is 4.39 Å². The fraction of sp³-hybridized carbons (Fsp3) is 0.400. The highest BCUT2D eigenvalue weighted by atomic mass is 19.1. The summed E-state index contributed by atoms with van der Waals surface area (Å²) in [6.45, 7) is 1.35. The van der Waals surface area contributed by atoms with E-state index in [0.29, 0.717) is 12.3 Å². The van der Waals surface area contributed by atoms with Gasteiger partial charge in [0.1, 0.15) is 24.3 Å². The molecule has 2 aromatic rings. The first-order valence-corrected chi connectivity index (χ1v) is 6.89. The van der Waals surface area contributed by atoms with Crippen molar-refractivity contribution in [2.24, 2.45) is 7.05 Å². The number of hydrogen-bond acceptors (Lipinski definition) is 4. The molecule has 0 radical (unpaired) electrons. The van der Waals surface area contributed by atoms with Crippen molar-refractivity contribution >= 4 is 0 Å².